The zero-order valence-corrected chi connectivity index (χ0v) is 11.2. The highest BCUT2D eigenvalue weighted by atomic mass is 15.2. The highest BCUT2D eigenvalue weighted by molar-refractivity contribution is 5.85. The maximum absolute atomic E-state index is 9.36. The Morgan fingerprint density at radius 2 is 2.00 bits per heavy atom. The fourth-order valence-corrected chi connectivity index (χ4v) is 2.77. The Bertz CT molecular complexity index is 649. The number of aryl methyl sites for hydroxylation is 1. The highest BCUT2D eigenvalue weighted by Crippen LogP contribution is 2.27. The Hall–Kier alpha value is -2.08. The summed E-state index contributed by atoms with van der Waals surface area (Å²) in [5.41, 5.74) is 2.88. The van der Waals surface area contributed by atoms with E-state index in [2.05, 4.69) is 24.0 Å². The van der Waals surface area contributed by atoms with Gasteiger partial charge in [-0.05, 0) is 37.8 Å². The van der Waals surface area contributed by atoms with Crippen LogP contribution in [0.1, 0.15) is 30.4 Å². The van der Waals surface area contributed by atoms with E-state index in [-0.39, 0.29) is 0 Å². The molecule has 2 aromatic rings. The second kappa shape index (κ2) is 4.89. The molecule has 0 unspecified atom stereocenters. The van der Waals surface area contributed by atoms with Crippen LogP contribution < -0.4 is 4.90 Å². The SMILES string of the molecule is Cc1cccc2cc(C#N)c(N3CCCCC3)nc12. The Morgan fingerprint density at radius 1 is 1.21 bits per heavy atom. The lowest BCUT2D eigenvalue weighted by molar-refractivity contribution is 0.573. The molecule has 0 amide bonds. The van der Waals surface area contributed by atoms with Gasteiger partial charge in [0.05, 0.1) is 11.1 Å². The van der Waals surface area contributed by atoms with Crippen molar-refractivity contribution in [1.82, 2.24) is 4.98 Å². The monoisotopic (exact) mass is 251 g/mol. The van der Waals surface area contributed by atoms with Crippen LogP contribution in [0.2, 0.25) is 0 Å². The number of hydrogen-bond donors (Lipinski definition) is 0. The van der Waals surface area contributed by atoms with Crippen LogP contribution in [0, 0.1) is 18.3 Å². The summed E-state index contributed by atoms with van der Waals surface area (Å²) in [5.74, 6) is 0.865. The highest BCUT2D eigenvalue weighted by Gasteiger charge is 2.17. The molecular weight excluding hydrogens is 234 g/mol. The molecule has 3 rings (SSSR count). The van der Waals surface area contributed by atoms with Crippen molar-refractivity contribution < 1.29 is 0 Å². The average molecular weight is 251 g/mol. The molecule has 19 heavy (non-hydrogen) atoms. The van der Waals surface area contributed by atoms with E-state index in [1.165, 1.54) is 24.8 Å². The van der Waals surface area contributed by atoms with Crippen LogP contribution in [0.5, 0.6) is 0 Å². The van der Waals surface area contributed by atoms with Crippen molar-refractivity contribution in [3.8, 4) is 6.07 Å². The van der Waals surface area contributed by atoms with Crippen molar-refractivity contribution >= 4 is 16.7 Å². The van der Waals surface area contributed by atoms with Gasteiger partial charge in [-0.25, -0.2) is 4.98 Å². The van der Waals surface area contributed by atoms with E-state index >= 15 is 0 Å². The maximum Gasteiger partial charge on any atom is 0.147 e. The molecule has 0 saturated carbocycles. The number of nitriles is 1. The number of piperidine rings is 1. The summed E-state index contributed by atoms with van der Waals surface area (Å²) in [6.07, 6.45) is 3.67. The van der Waals surface area contributed by atoms with Crippen LogP contribution >= 0.6 is 0 Å². The molecule has 0 radical (unpaired) electrons. The van der Waals surface area contributed by atoms with E-state index in [4.69, 9.17) is 4.98 Å². The van der Waals surface area contributed by atoms with E-state index in [1.807, 2.05) is 18.2 Å². The predicted molar refractivity (Wildman–Crippen MR) is 77.3 cm³/mol. The normalized spacial score (nSPS) is 15.5. The molecule has 3 heteroatoms. The average Bonchev–Trinajstić information content (AvgIpc) is 2.47. The number of anilines is 1. The lowest BCUT2D eigenvalue weighted by Crippen LogP contribution is -2.30. The standard InChI is InChI=1S/C16H17N3/c1-12-6-5-7-13-10-14(11-17)16(18-15(12)13)19-8-3-2-4-9-19/h5-7,10H,2-4,8-9H2,1H3. The number of rotatable bonds is 1. The quantitative estimate of drug-likeness (QED) is 0.779. The molecule has 0 N–H and O–H groups in total. The number of para-hydroxylation sites is 1. The van der Waals surface area contributed by atoms with Crippen molar-refractivity contribution in [2.45, 2.75) is 26.2 Å². The van der Waals surface area contributed by atoms with Crippen LogP contribution in [-0.4, -0.2) is 18.1 Å². The predicted octanol–water partition coefficient (Wildman–Crippen LogP) is 3.41. The van der Waals surface area contributed by atoms with Gasteiger partial charge in [-0.2, -0.15) is 5.26 Å². The Kier molecular flexibility index (Phi) is 3.08. The van der Waals surface area contributed by atoms with Gasteiger partial charge in [0.15, 0.2) is 0 Å². The first kappa shape index (κ1) is 12.0. The number of pyridine rings is 1. The number of fused-ring (bicyclic) bond motifs is 1. The molecule has 1 aromatic heterocycles. The number of nitrogens with zero attached hydrogens (tertiary/aromatic N) is 3. The molecule has 2 heterocycles. The van der Waals surface area contributed by atoms with Crippen molar-refractivity contribution in [3.63, 3.8) is 0 Å². The number of aromatic nitrogens is 1. The molecule has 3 nitrogen and oxygen atoms in total. The molecule has 1 aromatic carbocycles. The second-order valence-electron chi connectivity index (χ2n) is 5.17. The largest absolute Gasteiger partial charge is 0.356 e. The van der Waals surface area contributed by atoms with E-state index in [1.54, 1.807) is 0 Å². The fraction of sp³-hybridized carbons (Fsp3) is 0.375. The van der Waals surface area contributed by atoms with E-state index in [0.717, 1.165) is 29.8 Å². The van der Waals surface area contributed by atoms with E-state index in [0.29, 0.717) is 5.56 Å². The lowest BCUT2D eigenvalue weighted by atomic mass is 10.1. The molecular formula is C16H17N3. The van der Waals surface area contributed by atoms with Gasteiger partial charge in [0, 0.05) is 18.5 Å². The zero-order chi connectivity index (χ0) is 13.2. The van der Waals surface area contributed by atoms with E-state index in [9.17, 15) is 5.26 Å². The van der Waals surface area contributed by atoms with Crippen LogP contribution in [0.25, 0.3) is 10.9 Å². The summed E-state index contributed by atoms with van der Waals surface area (Å²) >= 11 is 0. The van der Waals surface area contributed by atoms with Crippen LogP contribution in [0.15, 0.2) is 24.3 Å². The fourth-order valence-electron chi connectivity index (χ4n) is 2.77. The molecule has 1 fully saturated rings. The molecule has 0 aliphatic carbocycles. The van der Waals surface area contributed by atoms with Crippen LogP contribution in [0.3, 0.4) is 0 Å². The van der Waals surface area contributed by atoms with Gasteiger partial charge in [-0.1, -0.05) is 18.2 Å². The molecule has 0 spiro atoms. The minimum Gasteiger partial charge on any atom is -0.356 e. The summed E-state index contributed by atoms with van der Waals surface area (Å²) < 4.78 is 0. The molecule has 1 aliphatic heterocycles. The van der Waals surface area contributed by atoms with Crippen molar-refractivity contribution in [3.05, 3.63) is 35.4 Å². The van der Waals surface area contributed by atoms with Gasteiger partial charge in [-0.15, -0.1) is 0 Å². The number of benzene rings is 1. The van der Waals surface area contributed by atoms with Gasteiger partial charge < -0.3 is 4.90 Å². The third-order valence-corrected chi connectivity index (χ3v) is 3.80. The third kappa shape index (κ3) is 2.15. The minimum atomic E-state index is 0.694. The molecule has 0 bridgehead atoms. The van der Waals surface area contributed by atoms with Crippen molar-refractivity contribution in [2.75, 3.05) is 18.0 Å². The Morgan fingerprint density at radius 3 is 2.74 bits per heavy atom. The Labute approximate surface area is 113 Å². The van der Waals surface area contributed by atoms with Gasteiger partial charge in [0.25, 0.3) is 0 Å². The molecule has 1 saturated heterocycles. The first-order valence-electron chi connectivity index (χ1n) is 6.85. The summed E-state index contributed by atoms with van der Waals surface area (Å²) in [7, 11) is 0. The summed E-state index contributed by atoms with van der Waals surface area (Å²) in [6, 6.07) is 10.4. The zero-order valence-electron chi connectivity index (χ0n) is 11.2. The third-order valence-electron chi connectivity index (χ3n) is 3.80. The smallest absolute Gasteiger partial charge is 0.147 e. The van der Waals surface area contributed by atoms with Crippen LogP contribution in [0.4, 0.5) is 5.82 Å². The summed E-state index contributed by atoms with van der Waals surface area (Å²) in [6.45, 7) is 4.10. The summed E-state index contributed by atoms with van der Waals surface area (Å²) in [4.78, 5) is 7.03. The molecule has 1 aliphatic rings. The van der Waals surface area contributed by atoms with Gasteiger partial charge in [0.1, 0.15) is 11.9 Å². The summed E-state index contributed by atoms with van der Waals surface area (Å²) in [5, 5.41) is 10.4. The van der Waals surface area contributed by atoms with E-state index < -0.39 is 0 Å². The minimum absolute atomic E-state index is 0.694. The second-order valence-corrected chi connectivity index (χ2v) is 5.17. The number of hydrogen-bond acceptors (Lipinski definition) is 3. The van der Waals surface area contributed by atoms with Gasteiger partial charge in [-0.3, -0.25) is 0 Å². The molecule has 96 valence electrons. The topological polar surface area (TPSA) is 39.9 Å². The van der Waals surface area contributed by atoms with Crippen molar-refractivity contribution in [2.24, 2.45) is 0 Å². The van der Waals surface area contributed by atoms with Crippen LogP contribution in [-0.2, 0) is 0 Å². The first-order chi connectivity index (χ1) is 9.29. The molecule has 0 atom stereocenters. The Balaban J connectivity index is 2.16. The van der Waals surface area contributed by atoms with Crippen molar-refractivity contribution in [1.29, 1.82) is 5.26 Å². The lowest BCUT2D eigenvalue weighted by Gasteiger charge is -2.28. The van der Waals surface area contributed by atoms with Gasteiger partial charge in [0.2, 0.25) is 0 Å². The maximum atomic E-state index is 9.36. The first-order valence-corrected chi connectivity index (χ1v) is 6.85. The van der Waals surface area contributed by atoms with Gasteiger partial charge >= 0.3 is 0 Å².